The number of aromatic nitrogens is 2. The molecule has 8 nitrogen and oxygen atoms in total. The SMILES string of the molecule is COc1ccnc(N2CC[C@]3(CCCN(Cc4cccc(OC)c4OC)C3=O)C2)n1. The van der Waals surface area contributed by atoms with Crippen LogP contribution in [0.25, 0.3) is 0 Å². The zero-order valence-corrected chi connectivity index (χ0v) is 17.8. The molecule has 2 aliphatic rings. The van der Waals surface area contributed by atoms with Crippen molar-refractivity contribution < 1.29 is 19.0 Å². The van der Waals surface area contributed by atoms with Crippen molar-refractivity contribution in [2.75, 3.05) is 45.9 Å². The van der Waals surface area contributed by atoms with Gasteiger partial charge in [-0.1, -0.05) is 12.1 Å². The highest BCUT2D eigenvalue weighted by molar-refractivity contribution is 5.85. The number of piperidine rings is 1. The highest BCUT2D eigenvalue weighted by atomic mass is 16.5. The first-order valence-electron chi connectivity index (χ1n) is 10.2. The summed E-state index contributed by atoms with van der Waals surface area (Å²) in [6.45, 7) is 2.65. The standard InChI is InChI=1S/C22H28N4O4/c1-28-17-7-4-6-16(19(17)30-3)14-25-12-5-9-22(20(25)27)10-13-26(15-22)21-23-11-8-18(24-21)29-2/h4,6-8,11H,5,9-10,12-15H2,1-3H3/t22-/m1/s1. The lowest BCUT2D eigenvalue weighted by molar-refractivity contribution is -0.145. The molecule has 0 radical (unpaired) electrons. The Balaban J connectivity index is 1.53. The third-order valence-corrected chi connectivity index (χ3v) is 6.13. The van der Waals surface area contributed by atoms with E-state index in [1.165, 1.54) is 0 Å². The first-order valence-corrected chi connectivity index (χ1v) is 10.2. The van der Waals surface area contributed by atoms with E-state index in [0.717, 1.165) is 37.9 Å². The first-order chi connectivity index (χ1) is 14.6. The second-order valence-corrected chi connectivity index (χ2v) is 7.83. The molecule has 0 aliphatic carbocycles. The molecule has 1 aromatic carbocycles. The van der Waals surface area contributed by atoms with Gasteiger partial charge in [0.1, 0.15) is 0 Å². The van der Waals surface area contributed by atoms with E-state index in [4.69, 9.17) is 14.2 Å². The van der Waals surface area contributed by atoms with Crippen molar-refractivity contribution in [2.45, 2.75) is 25.8 Å². The molecule has 1 atom stereocenters. The van der Waals surface area contributed by atoms with Crippen molar-refractivity contribution in [2.24, 2.45) is 5.41 Å². The van der Waals surface area contributed by atoms with Crippen LogP contribution in [-0.4, -0.2) is 61.7 Å². The molecule has 0 saturated carbocycles. The van der Waals surface area contributed by atoms with Crippen molar-refractivity contribution >= 4 is 11.9 Å². The van der Waals surface area contributed by atoms with Crippen LogP contribution in [0.3, 0.4) is 0 Å². The van der Waals surface area contributed by atoms with Gasteiger partial charge < -0.3 is 24.0 Å². The summed E-state index contributed by atoms with van der Waals surface area (Å²) >= 11 is 0. The Hall–Kier alpha value is -3.03. The molecule has 1 amide bonds. The summed E-state index contributed by atoms with van der Waals surface area (Å²) < 4.78 is 16.2. The number of rotatable bonds is 6. The summed E-state index contributed by atoms with van der Waals surface area (Å²) in [5.41, 5.74) is 0.560. The normalized spacial score (nSPS) is 21.2. The molecule has 2 fully saturated rings. The number of amides is 1. The maximum atomic E-state index is 13.6. The van der Waals surface area contributed by atoms with Crippen LogP contribution in [0.4, 0.5) is 5.95 Å². The number of hydrogen-bond donors (Lipinski definition) is 0. The van der Waals surface area contributed by atoms with Crippen LogP contribution in [0.15, 0.2) is 30.5 Å². The number of anilines is 1. The summed E-state index contributed by atoms with van der Waals surface area (Å²) in [4.78, 5) is 26.4. The van der Waals surface area contributed by atoms with E-state index in [-0.39, 0.29) is 5.91 Å². The number of para-hydroxylation sites is 1. The monoisotopic (exact) mass is 412 g/mol. The van der Waals surface area contributed by atoms with E-state index in [1.807, 2.05) is 23.1 Å². The number of hydrogen-bond acceptors (Lipinski definition) is 7. The van der Waals surface area contributed by atoms with Gasteiger partial charge in [-0.3, -0.25) is 4.79 Å². The minimum absolute atomic E-state index is 0.198. The first kappa shape index (κ1) is 20.3. The summed E-state index contributed by atoms with van der Waals surface area (Å²) in [6, 6.07) is 7.51. The number of carbonyl (C=O) groups excluding carboxylic acids is 1. The Kier molecular flexibility index (Phi) is 5.65. The molecule has 8 heteroatoms. The fourth-order valence-corrected chi connectivity index (χ4v) is 4.61. The maximum absolute atomic E-state index is 13.6. The van der Waals surface area contributed by atoms with Gasteiger partial charge in [-0.15, -0.1) is 0 Å². The Morgan fingerprint density at radius 3 is 2.70 bits per heavy atom. The smallest absolute Gasteiger partial charge is 0.230 e. The lowest BCUT2D eigenvalue weighted by Gasteiger charge is -2.39. The van der Waals surface area contributed by atoms with Crippen LogP contribution in [0.5, 0.6) is 17.4 Å². The van der Waals surface area contributed by atoms with Crippen LogP contribution in [-0.2, 0) is 11.3 Å². The van der Waals surface area contributed by atoms with Gasteiger partial charge in [0.2, 0.25) is 17.7 Å². The molecule has 0 N–H and O–H groups in total. The summed E-state index contributed by atoms with van der Waals surface area (Å²) in [5, 5.41) is 0. The number of ether oxygens (including phenoxy) is 3. The highest BCUT2D eigenvalue weighted by Gasteiger charge is 2.49. The Bertz CT molecular complexity index is 922. The van der Waals surface area contributed by atoms with Gasteiger partial charge in [-0.05, 0) is 25.3 Å². The fraction of sp³-hybridized carbons (Fsp3) is 0.500. The molecular formula is C22H28N4O4. The molecule has 1 spiro atoms. The number of likely N-dealkylation sites (tertiary alicyclic amines) is 1. The van der Waals surface area contributed by atoms with Gasteiger partial charge in [-0.2, -0.15) is 4.98 Å². The molecule has 2 aliphatic heterocycles. The number of nitrogens with zero attached hydrogens (tertiary/aromatic N) is 4. The van der Waals surface area contributed by atoms with Crippen molar-refractivity contribution in [3.63, 3.8) is 0 Å². The minimum Gasteiger partial charge on any atom is -0.493 e. The molecular weight excluding hydrogens is 384 g/mol. The highest BCUT2D eigenvalue weighted by Crippen LogP contribution is 2.42. The predicted molar refractivity (Wildman–Crippen MR) is 112 cm³/mol. The van der Waals surface area contributed by atoms with Crippen LogP contribution in [0, 0.1) is 5.41 Å². The second kappa shape index (κ2) is 8.38. The lowest BCUT2D eigenvalue weighted by atomic mass is 9.78. The molecule has 2 saturated heterocycles. The molecule has 30 heavy (non-hydrogen) atoms. The third-order valence-electron chi connectivity index (χ3n) is 6.13. The van der Waals surface area contributed by atoms with Gasteiger partial charge >= 0.3 is 0 Å². The molecule has 0 bridgehead atoms. The van der Waals surface area contributed by atoms with Gasteiger partial charge in [0.05, 0.1) is 26.7 Å². The molecule has 3 heterocycles. The fourth-order valence-electron chi connectivity index (χ4n) is 4.61. The van der Waals surface area contributed by atoms with Gasteiger partial charge in [0.25, 0.3) is 0 Å². The topological polar surface area (TPSA) is 77.0 Å². The van der Waals surface area contributed by atoms with E-state index < -0.39 is 5.41 Å². The van der Waals surface area contributed by atoms with Crippen molar-refractivity contribution in [3.05, 3.63) is 36.0 Å². The average molecular weight is 412 g/mol. The molecule has 2 aromatic rings. The van der Waals surface area contributed by atoms with Gasteiger partial charge in [-0.25, -0.2) is 4.98 Å². The zero-order chi connectivity index (χ0) is 21.1. The van der Waals surface area contributed by atoms with Gasteiger partial charge in [0, 0.05) is 44.0 Å². The van der Waals surface area contributed by atoms with E-state index >= 15 is 0 Å². The van der Waals surface area contributed by atoms with Crippen LogP contribution >= 0.6 is 0 Å². The zero-order valence-electron chi connectivity index (χ0n) is 17.8. The van der Waals surface area contributed by atoms with E-state index in [0.29, 0.717) is 36.4 Å². The van der Waals surface area contributed by atoms with Crippen molar-refractivity contribution in [1.82, 2.24) is 14.9 Å². The van der Waals surface area contributed by atoms with Crippen molar-refractivity contribution in [3.8, 4) is 17.4 Å². The predicted octanol–water partition coefficient (Wildman–Crippen LogP) is 2.52. The number of carbonyl (C=O) groups is 1. The summed E-state index contributed by atoms with van der Waals surface area (Å²) in [7, 11) is 4.84. The Morgan fingerprint density at radius 1 is 1.07 bits per heavy atom. The maximum Gasteiger partial charge on any atom is 0.230 e. The number of benzene rings is 1. The average Bonchev–Trinajstić information content (AvgIpc) is 3.22. The molecule has 1 aromatic heterocycles. The van der Waals surface area contributed by atoms with E-state index in [2.05, 4.69) is 14.9 Å². The lowest BCUT2D eigenvalue weighted by Crippen LogP contribution is -2.49. The van der Waals surface area contributed by atoms with E-state index in [1.54, 1.807) is 33.6 Å². The Labute approximate surface area is 176 Å². The molecule has 4 rings (SSSR count). The largest absolute Gasteiger partial charge is 0.493 e. The van der Waals surface area contributed by atoms with Crippen LogP contribution in [0.1, 0.15) is 24.8 Å². The van der Waals surface area contributed by atoms with E-state index in [9.17, 15) is 4.79 Å². The summed E-state index contributed by atoms with van der Waals surface area (Å²) in [6.07, 6.45) is 4.36. The van der Waals surface area contributed by atoms with Crippen molar-refractivity contribution in [1.29, 1.82) is 0 Å². The molecule has 0 unspecified atom stereocenters. The molecule has 160 valence electrons. The van der Waals surface area contributed by atoms with Crippen LogP contribution in [0.2, 0.25) is 0 Å². The Morgan fingerprint density at radius 2 is 1.93 bits per heavy atom. The quantitative estimate of drug-likeness (QED) is 0.721. The number of methoxy groups -OCH3 is 3. The third kappa shape index (κ3) is 3.62. The second-order valence-electron chi connectivity index (χ2n) is 7.83. The van der Waals surface area contributed by atoms with Crippen LogP contribution < -0.4 is 19.1 Å². The minimum atomic E-state index is -0.392. The van der Waals surface area contributed by atoms with Gasteiger partial charge in [0.15, 0.2) is 11.5 Å². The summed E-state index contributed by atoms with van der Waals surface area (Å²) in [5.74, 6) is 2.71.